The van der Waals surface area contributed by atoms with Gasteiger partial charge in [-0.1, -0.05) is 12.2 Å². The van der Waals surface area contributed by atoms with Crippen LogP contribution in [0.2, 0.25) is 0 Å². The molecule has 0 atom stereocenters. The number of carbonyl (C=O) groups excluding carboxylic acids is 1. The second-order valence-electron chi connectivity index (χ2n) is 3.93. The number of aldehydes is 1. The number of hydrogen-bond donors (Lipinski definition) is 2. The molecule has 94 valence electrons. The van der Waals surface area contributed by atoms with Crippen LogP contribution in [0.15, 0.2) is 24.4 Å². The Bertz CT molecular complexity index is 307. The number of hydrogen-bond acceptors (Lipinski definition) is 3. The predicted octanol–water partition coefficient (Wildman–Crippen LogP) is 1.23. The quantitative estimate of drug-likeness (QED) is 0.674. The van der Waals surface area contributed by atoms with Crippen LogP contribution < -0.4 is 5.32 Å². The Morgan fingerprint density at radius 1 is 1.35 bits per heavy atom. The van der Waals surface area contributed by atoms with Crippen LogP contribution in [0.25, 0.3) is 0 Å². The molecule has 17 heavy (non-hydrogen) atoms. The van der Waals surface area contributed by atoms with Gasteiger partial charge in [-0.25, -0.2) is 4.79 Å². The SMILES string of the molecule is O=C(O)N1C=CC=CC1.O=CC1CCNCC1. The van der Waals surface area contributed by atoms with Gasteiger partial charge in [-0.15, -0.1) is 0 Å². The Morgan fingerprint density at radius 3 is 2.41 bits per heavy atom. The average Bonchev–Trinajstić information content (AvgIpc) is 2.41. The van der Waals surface area contributed by atoms with Crippen LogP contribution in [-0.4, -0.2) is 42.0 Å². The first-order chi connectivity index (χ1) is 8.24. The molecule has 2 heterocycles. The van der Waals surface area contributed by atoms with Gasteiger partial charge in [-0.05, 0) is 32.0 Å². The Labute approximate surface area is 101 Å². The Kier molecular flexibility index (Phi) is 6.03. The van der Waals surface area contributed by atoms with E-state index in [2.05, 4.69) is 5.32 Å². The van der Waals surface area contributed by atoms with Gasteiger partial charge >= 0.3 is 6.09 Å². The minimum absolute atomic E-state index is 0.344. The fraction of sp³-hybridized carbons (Fsp3) is 0.500. The number of carbonyl (C=O) groups is 2. The molecule has 0 aromatic carbocycles. The summed E-state index contributed by atoms with van der Waals surface area (Å²) in [6.07, 6.45) is 9.05. The number of allylic oxidation sites excluding steroid dienone is 2. The van der Waals surface area contributed by atoms with Crippen molar-refractivity contribution in [3.63, 3.8) is 0 Å². The lowest BCUT2D eigenvalue weighted by Gasteiger charge is -2.16. The highest BCUT2D eigenvalue weighted by molar-refractivity contribution is 5.66. The zero-order chi connectivity index (χ0) is 12.5. The summed E-state index contributed by atoms with van der Waals surface area (Å²) in [5, 5.41) is 11.6. The van der Waals surface area contributed by atoms with E-state index in [1.807, 2.05) is 6.08 Å². The first kappa shape index (κ1) is 13.4. The number of nitrogens with one attached hydrogen (secondary N) is 1. The largest absolute Gasteiger partial charge is 0.465 e. The molecule has 2 N–H and O–H groups in total. The third-order valence-electron chi connectivity index (χ3n) is 2.64. The lowest BCUT2D eigenvalue weighted by atomic mass is 10.0. The summed E-state index contributed by atoms with van der Waals surface area (Å²) in [6.45, 7) is 2.50. The average molecular weight is 238 g/mol. The van der Waals surface area contributed by atoms with Crippen molar-refractivity contribution < 1.29 is 14.7 Å². The van der Waals surface area contributed by atoms with Gasteiger partial charge in [-0.3, -0.25) is 4.90 Å². The normalized spacial score (nSPS) is 19.4. The fourth-order valence-electron chi connectivity index (χ4n) is 1.59. The molecule has 5 heteroatoms. The molecule has 2 rings (SSSR count). The molecule has 1 amide bonds. The van der Waals surface area contributed by atoms with Gasteiger partial charge in [-0.2, -0.15) is 0 Å². The van der Waals surface area contributed by atoms with Crippen molar-refractivity contribution in [2.24, 2.45) is 5.92 Å². The lowest BCUT2D eigenvalue weighted by molar-refractivity contribution is -0.111. The second kappa shape index (κ2) is 7.62. The maximum atomic E-state index is 10.2. The smallest absolute Gasteiger partial charge is 0.411 e. The fourth-order valence-corrected chi connectivity index (χ4v) is 1.59. The molecular formula is C12H18N2O3. The molecule has 0 saturated carbocycles. The molecule has 0 aliphatic carbocycles. The molecule has 2 aliphatic heterocycles. The minimum atomic E-state index is -0.907. The molecule has 5 nitrogen and oxygen atoms in total. The van der Waals surface area contributed by atoms with Crippen molar-refractivity contribution in [2.75, 3.05) is 19.6 Å². The molecule has 0 bridgehead atoms. The topological polar surface area (TPSA) is 69.6 Å². The van der Waals surface area contributed by atoms with Crippen LogP contribution >= 0.6 is 0 Å². The molecular weight excluding hydrogens is 220 g/mol. The first-order valence-electron chi connectivity index (χ1n) is 5.73. The number of amides is 1. The van der Waals surface area contributed by atoms with E-state index >= 15 is 0 Å². The summed E-state index contributed by atoms with van der Waals surface area (Å²) in [5.74, 6) is 0.344. The van der Waals surface area contributed by atoms with Crippen LogP contribution in [0.3, 0.4) is 0 Å². The van der Waals surface area contributed by atoms with Gasteiger partial charge in [0.15, 0.2) is 0 Å². The van der Waals surface area contributed by atoms with Gasteiger partial charge in [0, 0.05) is 18.7 Å². The van der Waals surface area contributed by atoms with Gasteiger partial charge in [0.1, 0.15) is 6.29 Å². The van der Waals surface area contributed by atoms with E-state index < -0.39 is 6.09 Å². The van der Waals surface area contributed by atoms with Crippen molar-refractivity contribution in [1.82, 2.24) is 10.2 Å². The third-order valence-corrected chi connectivity index (χ3v) is 2.64. The molecule has 0 spiro atoms. The zero-order valence-corrected chi connectivity index (χ0v) is 9.71. The summed E-state index contributed by atoms with van der Waals surface area (Å²) >= 11 is 0. The summed E-state index contributed by atoms with van der Waals surface area (Å²) in [6, 6.07) is 0. The van der Waals surface area contributed by atoms with E-state index in [0.717, 1.165) is 32.2 Å². The number of rotatable bonds is 1. The molecule has 1 fully saturated rings. The number of piperidine rings is 1. The molecule has 0 aromatic heterocycles. The third kappa shape index (κ3) is 5.31. The van der Waals surface area contributed by atoms with Gasteiger partial charge in [0.2, 0.25) is 0 Å². The maximum Gasteiger partial charge on any atom is 0.411 e. The van der Waals surface area contributed by atoms with Gasteiger partial charge in [0.05, 0.1) is 0 Å². The Balaban J connectivity index is 0.000000171. The second-order valence-corrected chi connectivity index (χ2v) is 3.93. The number of nitrogens with zero attached hydrogens (tertiary/aromatic N) is 1. The summed E-state index contributed by atoms with van der Waals surface area (Å²) < 4.78 is 0. The predicted molar refractivity (Wildman–Crippen MR) is 64.7 cm³/mol. The van der Waals surface area contributed by atoms with Crippen LogP contribution in [0.1, 0.15) is 12.8 Å². The lowest BCUT2D eigenvalue weighted by Crippen LogP contribution is -2.28. The Morgan fingerprint density at radius 2 is 2.06 bits per heavy atom. The monoisotopic (exact) mass is 238 g/mol. The highest BCUT2D eigenvalue weighted by Gasteiger charge is 2.10. The summed E-state index contributed by atoms with van der Waals surface area (Å²) in [7, 11) is 0. The van der Waals surface area contributed by atoms with E-state index in [4.69, 9.17) is 5.11 Å². The van der Waals surface area contributed by atoms with E-state index in [1.165, 1.54) is 11.1 Å². The zero-order valence-electron chi connectivity index (χ0n) is 9.71. The van der Waals surface area contributed by atoms with E-state index in [1.54, 1.807) is 12.2 Å². The molecule has 0 unspecified atom stereocenters. The van der Waals surface area contributed by atoms with Crippen molar-refractivity contribution in [1.29, 1.82) is 0 Å². The highest BCUT2D eigenvalue weighted by atomic mass is 16.4. The van der Waals surface area contributed by atoms with Crippen molar-refractivity contribution in [3.05, 3.63) is 24.4 Å². The summed E-state index contributed by atoms with van der Waals surface area (Å²) in [4.78, 5) is 21.5. The van der Waals surface area contributed by atoms with Crippen molar-refractivity contribution >= 4 is 12.4 Å². The van der Waals surface area contributed by atoms with E-state index in [-0.39, 0.29) is 0 Å². The van der Waals surface area contributed by atoms with E-state index in [0.29, 0.717) is 12.5 Å². The standard InChI is InChI=1S/C6H7NO2.C6H11NO/c8-6(9)7-4-2-1-3-5-7;8-5-6-1-3-7-4-2-6/h1-4H,5H2,(H,8,9);5-7H,1-4H2. The molecule has 2 aliphatic rings. The van der Waals surface area contributed by atoms with Gasteiger partial charge in [0.25, 0.3) is 0 Å². The summed E-state index contributed by atoms with van der Waals surface area (Å²) in [5.41, 5.74) is 0. The molecule has 0 aromatic rings. The number of carboxylic acid groups (broad SMARTS) is 1. The van der Waals surface area contributed by atoms with Crippen LogP contribution in [0.5, 0.6) is 0 Å². The first-order valence-corrected chi connectivity index (χ1v) is 5.73. The van der Waals surface area contributed by atoms with Crippen LogP contribution in [0, 0.1) is 5.92 Å². The minimum Gasteiger partial charge on any atom is -0.465 e. The van der Waals surface area contributed by atoms with Crippen LogP contribution in [-0.2, 0) is 4.79 Å². The molecule has 1 saturated heterocycles. The van der Waals surface area contributed by atoms with Crippen molar-refractivity contribution in [3.8, 4) is 0 Å². The highest BCUT2D eigenvalue weighted by Crippen LogP contribution is 2.06. The maximum absolute atomic E-state index is 10.2. The van der Waals surface area contributed by atoms with Crippen LogP contribution in [0.4, 0.5) is 4.79 Å². The van der Waals surface area contributed by atoms with Gasteiger partial charge < -0.3 is 15.2 Å². The molecule has 0 radical (unpaired) electrons. The van der Waals surface area contributed by atoms with Crippen molar-refractivity contribution in [2.45, 2.75) is 12.8 Å². The van der Waals surface area contributed by atoms with E-state index in [9.17, 15) is 9.59 Å². The Hall–Kier alpha value is -1.62.